The molecular weight excluding hydrogens is 321 g/mol. The molecule has 1 aromatic carbocycles. The van der Waals surface area contributed by atoms with E-state index in [9.17, 15) is 18.0 Å². The lowest BCUT2D eigenvalue weighted by molar-refractivity contribution is -0.143. The third kappa shape index (κ3) is 2.06. The first-order valence-electron chi connectivity index (χ1n) is 7.24. The molecule has 1 aliphatic carbocycles. The van der Waals surface area contributed by atoms with Gasteiger partial charge >= 0.3 is 6.18 Å². The Labute approximate surface area is 133 Å². The second-order valence-corrected chi connectivity index (χ2v) is 5.61. The summed E-state index contributed by atoms with van der Waals surface area (Å²) in [5.74, 6) is -0.896. The summed E-state index contributed by atoms with van der Waals surface area (Å²) in [6, 6.07) is 8.41. The fourth-order valence-corrected chi connectivity index (χ4v) is 3.14. The highest BCUT2D eigenvalue weighted by atomic mass is 19.4. The first-order chi connectivity index (χ1) is 11.4. The molecule has 4 rings (SSSR count). The molecule has 1 aliphatic rings. The fourth-order valence-electron chi connectivity index (χ4n) is 3.14. The van der Waals surface area contributed by atoms with Crippen molar-refractivity contribution in [1.82, 2.24) is 14.6 Å². The number of rotatable bonds is 1. The number of nitrogens with two attached hydrogens (primary N) is 1. The molecule has 3 aromatic rings. The first kappa shape index (κ1) is 14.7. The van der Waals surface area contributed by atoms with Crippen molar-refractivity contribution in [3.05, 3.63) is 52.8 Å². The first-order valence-corrected chi connectivity index (χ1v) is 7.24. The van der Waals surface area contributed by atoms with Gasteiger partial charge < -0.3 is 5.73 Å². The van der Waals surface area contributed by atoms with Crippen molar-refractivity contribution in [2.75, 3.05) is 0 Å². The van der Waals surface area contributed by atoms with Crippen LogP contribution in [0.5, 0.6) is 0 Å². The van der Waals surface area contributed by atoms with Crippen molar-refractivity contribution < 1.29 is 18.0 Å². The smallest absolute Gasteiger partial charge is 0.364 e. The number of hydrogen-bond acceptors (Lipinski definition) is 3. The lowest BCUT2D eigenvalue weighted by Crippen LogP contribution is -2.21. The molecule has 2 aromatic heterocycles. The molecule has 0 atom stereocenters. The van der Waals surface area contributed by atoms with E-state index in [1.54, 1.807) is 12.1 Å². The van der Waals surface area contributed by atoms with Crippen LogP contribution in [0.15, 0.2) is 30.3 Å². The molecule has 0 bridgehead atoms. The molecule has 0 spiro atoms. The van der Waals surface area contributed by atoms with Crippen molar-refractivity contribution in [3.8, 4) is 11.3 Å². The molecule has 2 heterocycles. The number of nitrogens with zero attached hydrogens (tertiary/aromatic N) is 3. The summed E-state index contributed by atoms with van der Waals surface area (Å²) in [6.45, 7) is 0. The van der Waals surface area contributed by atoms with Gasteiger partial charge in [-0.15, -0.1) is 0 Å². The number of benzene rings is 1. The van der Waals surface area contributed by atoms with Gasteiger partial charge in [-0.1, -0.05) is 24.3 Å². The molecule has 8 heteroatoms. The molecule has 24 heavy (non-hydrogen) atoms. The quantitative estimate of drug-likeness (QED) is 0.744. The van der Waals surface area contributed by atoms with Crippen LogP contribution in [-0.2, 0) is 19.0 Å². The van der Waals surface area contributed by atoms with Crippen molar-refractivity contribution >= 4 is 11.6 Å². The van der Waals surface area contributed by atoms with Gasteiger partial charge in [0, 0.05) is 17.2 Å². The zero-order chi connectivity index (χ0) is 17.1. The predicted molar refractivity (Wildman–Crippen MR) is 79.4 cm³/mol. The van der Waals surface area contributed by atoms with Crippen LogP contribution in [0.25, 0.3) is 16.9 Å². The second-order valence-electron chi connectivity index (χ2n) is 5.61. The molecule has 0 radical (unpaired) electrons. The number of carbonyl (C=O) groups excluding carboxylic acids is 1. The maximum absolute atomic E-state index is 13.7. The summed E-state index contributed by atoms with van der Waals surface area (Å²) in [7, 11) is 0. The summed E-state index contributed by atoms with van der Waals surface area (Å²) >= 11 is 0. The third-order valence-electron chi connectivity index (χ3n) is 4.14. The van der Waals surface area contributed by atoms with Crippen LogP contribution in [0.4, 0.5) is 13.2 Å². The number of alkyl halides is 3. The molecule has 0 fully saturated rings. The Morgan fingerprint density at radius 3 is 2.67 bits per heavy atom. The van der Waals surface area contributed by atoms with Gasteiger partial charge in [-0.25, -0.2) is 9.50 Å². The topological polar surface area (TPSA) is 73.3 Å². The van der Waals surface area contributed by atoms with E-state index in [1.165, 1.54) is 6.07 Å². The van der Waals surface area contributed by atoms with E-state index in [-0.39, 0.29) is 29.0 Å². The van der Waals surface area contributed by atoms with Crippen LogP contribution in [0.1, 0.15) is 27.3 Å². The van der Waals surface area contributed by atoms with Gasteiger partial charge in [0.1, 0.15) is 0 Å². The molecule has 0 unspecified atom stereocenters. The Kier molecular flexibility index (Phi) is 2.93. The minimum Gasteiger partial charge on any atom is -0.364 e. The highest BCUT2D eigenvalue weighted by Gasteiger charge is 2.40. The maximum atomic E-state index is 13.7. The van der Waals surface area contributed by atoms with Crippen LogP contribution >= 0.6 is 0 Å². The Hall–Kier alpha value is -2.90. The van der Waals surface area contributed by atoms with Crippen molar-refractivity contribution in [3.63, 3.8) is 0 Å². The Bertz CT molecular complexity index is 991. The summed E-state index contributed by atoms with van der Waals surface area (Å²) < 4.78 is 41.7. The van der Waals surface area contributed by atoms with E-state index < -0.39 is 17.8 Å². The molecule has 5 nitrogen and oxygen atoms in total. The average Bonchev–Trinajstić information content (AvgIpc) is 2.95. The predicted octanol–water partition coefficient (Wildman–Crippen LogP) is 2.61. The minimum atomic E-state index is -4.63. The highest BCUT2D eigenvalue weighted by Crippen LogP contribution is 2.40. The van der Waals surface area contributed by atoms with Crippen LogP contribution < -0.4 is 5.73 Å². The van der Waals surface area contributed by atoms with Crippen molar-refractivity contribution in [1.29, 1.82) is 0 Å². The zero-order valence-electron chi connectivity index (χ0n) is 12.3. The van der Waals surface area contributed by atoms with Gasteiger partial charge in [-0.3, -0.25) is 4.79 Å². The average molecular weight is 332 g/mol. The molecule has 2 N–H and O–H groups in total. The SMILES string of the molecule is NC(=O)c1cc2nc3c(c(C(F)(F)F)n2n1)CCc1ccccc1-3. The largest absolute Gasteiger partial charge is 0.433 e. The maximum Gasteiger partial charge on any atom is 0.433 e. The number of amides is 1. The van der Waals surface area contributed by atoms with Crippen LogP contribution in [0.3, 0.4) is 0 Å². The van der Waals surface area contributed by atoms with Crippen LogP contribution in [-0.4, -0.2) is 20.5 Å². The van der Waals surface area contributed by atoms with E-state index in [4.69, 9.17) is 5.73 Å². The summed E-state index contributed by atoms with van der Waals surface area (Å²) in [5, 5.41) is 3.70. The van der Waals surface area contributed by atoms with Gasteiger partial charge in [0.2, 0.25) is 0 Å². The van der Waals surface area contributed by atoms with Gasteiger partial charge in [0.25, 0.3) is 5.91 Å². The standard InChI is InChI=1S/C16H11F3N4O/c17-16(18,19)14-10-6-5-8-3-1-2-4-9(8)13(10)21-12-7-11(15(20)24)22-23(12)14/h1-4,7H,5-6H2,(H2,20,24). The second kappa shape index (κ2) is 4.80. The number of hydrogen-bond donors (Lipinski definition) is 1. The number of halogens is 3. The number of carbonyl (C=O) groups is 1. The Morgan fingerprint density at radius 2 is 1.96 bits per heavy atom. The van der Waals surface area contributed by atoms with Crippen LogP contribution in [0.2, 0.25) is 0 Å². The van der Waals surface area contributed by atoms with Crippen molar-refractivity contribution in [2.45, 2.75) is 19.0 Å². The Balaban J connectivity index is 2.12. The zero-order valence-corrected chi connectivity index (χ0v) is 12.3. The summed E-state index contributed by atoms with van der Waals surface area (Å²) in [5.41, 5.74) is 5.95. The van der Waals surface area contributed by atoms with Crippen molar-refractivity contribution in [2.24, 2.45) is 5.73 Å². The molecule has 0 aliphatic heterocycles. The summed E-state index contributed by atoms with van der Waals surface area (Å²) in [6.07, 6.45) is -3.93. The van der Waals surface area contributed by atoms with Crippen LogP contribution in [0, 0.1) is 0 Å². The van der Waals surface area contributed by atoms with Gasteiger partial charge in [0.05, 0.1) is 5.69 Å². The monoisotopic (exact) mass is 332 g/mol. The molecule has 0 saturated carbocycles. The lowest BCUT2D eigenvalue weighted by Gasteiger charge is -2.23. The minimum absolute atomic E-state index is 0.0495. The Morgan fingerprint density at radius 1 is 1.21 bits per heavy atom. The lowest BCUT2D eigenvalue weighted by atomic mass is 9.88. The highest BCUT2D eigenvalue weighted by molar-refractivity contribution is 5.92. The number of aromatic nitrogens is 3. The fraction of sp³-hybridized carbons (Fsp3) is 0.188. The van der Waals surface area contributed by atoms with Gasteiger partial charge in [-0.2, -0.15) is 18.3 Å². The van der Waals surface area contributed by atoms with E-state index in [2.05, 4.69) is 10.1 Å². The molecule has 0 saturated heterocycles. The number of fused-ring (bicyclic) bond motifs is 4. The third-order valence-corrected chi connectivity index (χ3v) is 4.14. The van der Waals surface area contributed by atoms with Gasteiger partial charge in [0.15, 0.2) is 17.0 Å². The van der Waals surface area contributed by atoms with E-state index >= 15 is 0 Å². The molecule has 122 valence electrons. The summed E-state index contributed by atoms with van der Waals surface area (Å²) in [4.78, 5) is 15.6. The molecular formula is C16H11F3N4O. The van der Waals surface area contributed by atoms with E-state index in [1.807, 2.05) is 12.1 Å². The van der Waals surface area contributed by atoms with E-state index in [0.29, 0.717) is 16.5 Å². The normalized spacial score (nSPS) is 13.6. The van der Waals surface area contributed by atoms with E-state index in [0.717, 1.165) is 5.56 Å². The molecule has 1 amide bonds. The number of aryl methyl sites for hydroxylation is 1. The van der Waals surface area contributed by atoms with Gasteiger partial charge in [-0.05, 0) is 18.4 Å². The number of primary amides is 1.